The third-order valence-corrected chi connectivity index (χ3v) is 3.19. The number of hydrogen-bond acceptors (Lipinski definition) is 3. The van der Waals surface area contributed by atoms with Crippen LogP contribution in [0, 0.1) is 6.92 Å². The molecule has 1 heterocycles. The molecule has 1 amide bonds. The Hall–Kier alpha value is -0.870. The van der Waals surface area contributed by atoms with E-state index in [0.717, 1.165) is 0 Å². The molecule has 0 spiro atoms. The summed E-state index contributed by atoms with van der Waals surface area (Å²) in [7, 11) is 0. The molecule has 1 rings (SSSR count). The van der Waals surface area contributed by atoms with Crippen molar-refractivity contribution in [3.8, 4) is 0 Å². The summed E-state index contributed by atoms with van der Waals surface area (Å²) >= 11 is 1.66. The minimum atomic E-state index is -0.379. The molecule has 0 unspecified atom stereocenters. The summed E-state index contributed by atoms with van der Waals surface area (Å²) < 4.78 is 0. The first-order valence-electron chi connectivity index (χ1n) is 4.71. The summed E-state index contributed by atoms with van der Waals surface area (Å²) in [6.45, 7) is 4.54. The van der Waals surface area contributed by atoms with Crippen LogP contribution in [0.3, 0.4) is 0 Å². The Morgan fingerprint density at radius 2 is 2.43 bits per heavy atom. The second-order valence-electron chi connectivity index (χ2n) is 3.26. The molecule has 0 aliphatic carbocycles. The fourth-order valence-electron chi connectivity index (χ4n) is 1.07. The number of nitrogens with one attached hydrogen (secondary N) is 1. The second kappa shape index (κ2) is 5.12. The standard InChI is InChI=1S/C10H16N2OS/c1-3-8(11)10(13)12-6-9-7(2)4-5-14-9/h4-5,8H,3,6,11H2,1-2H3,(H,12,13)/t8-/m1/s1. The lowest BCUT2D eigenvalue weighted by molar-refractivity contribution is -0.122. The molecule has 0 saturated carbocycles. The molecule has 0 aromatic carbocycles. The lowest BCUT2D eigenvalue weighted by atomic mass is 10.2. The normalized spacial score (nSPS) is 12.5. The zero-order chi connectivity index (χ0) is 10.6. The summed E-state index contributed by atoms with van der Waals surface area (Å²) in [5.74, 6) is -0.0692. The Morgan fingerprint density at radius 1 is 1.71 bits per heavy atom. The number of aryl methyl sites for hydroxylation is 1. The van der Waals surface area contributed by atoms with E-state index in [9.17, 15) is 4.79 Å². The van der Waals surface area contributed by atoms with Gasteiger partial charge in [0.2, 0.25) is 5.91 Å². The van der Waals surface area contributed by atoms with E-state index < -0.39 is 0 Å². The van der Waals surface area contributed by atoms with E-state index in [1.807, 2.05) is 25.3 Å². The number of thiophene rings is 1. The lowest BCUT2D eigenvalue weighted by Crippen LogP contribution is -2.39. The molecule has 1 aromatic rings. The highest BCUT2D eigenvalue weighted by Crippen LogP contribution is 2.14. The zero-order valence-corrected chi connectivity index (χ0v) is 9.36. The van der Waals surface area contributed by atoms with E-state index >= 15 is 0 Å². The highest BCUT2D eigenvalue weighted by molar-refractivity contribution is 7.10. The van der Waals surface area contributed by atoms with Gasteiger partial charge in [-0.05, 0) is 30.4 Å². The average Bonchev–Trinajstić information content (AvgIpc) is 2.59. The fourth-order valence-corrected chi connectivity index (χ4v) is 1.91. The van der Waals surface area contributed by atoms with Crippen molar-refractivity contribution in [2.24, 2.45) is 5.73 Å². The highest BCUT2D eigenvalue weighted by atomic mass is 32.1. The van der Waals surface area contributed by atoms with Crippen molar-refractivity contribution >= 4 is 17.2 Å². The average molecular weight is 212 g/mol. The van der Waals surface area contributed by atoms with Crippen molar-refractivity contribution in [2.75, 3.05) is 0 Å². The number of carbonyl (C=O) groups excluding carboxylic acids is 1. The van der Waals surface area contributed by atoms with Gasteiger partial charge in [0.1, 0.15) is 0 Å². The molecule has 0 aliphatic heterocycles. The maximum atomic E-state index is 11.3. The monoisotopic (exact) mass is 212 g/mol. The molecule has 0 aliphatic rings. The summed E-state index contributed by atoms with van der Waals surface area (Å²) in [6, 6.07) is 1.67. The van der Waals surface area contributed by atoms with Crippen LogP contribution in [0.5, 0.6) is 0 Å². The second-order valence-corrected chi connectivity index (χ2v) is 4.26. The van der Waals surface area contributed by atoms with Gasteiger partial charge in [-0.15, -0.1) is 11.3 Å². The molecule has 0 fully saturated rings. The van der Waals surface area contributed by atoms with Crippen LogP contribution in [0.15, 0.2) is 11.4 Å². The lowest BCUT2D eigenvalue weighted by Gasteiger charge is -2.09. The van der Waals surface area contributed by atoms with Crippen molar-refractivity contribution in [1.82, 2.24) is 5.32 Å². The maximum Gasteiger partial charge on any atom is 0.237 e. The molecule has 0 saturated heterocycles. The first-order chi connectivity index (χ1) is 6.65. The smallest absolute Gasteiger partial charge is 0.237 e. The SMILES string of the molecule is CC[C@@H](N)C(=O)NCc1sccc1C. The van der Waals surface area contributed by atoms with Crippen LogP contribution >= 0.6 is 11.3 Å². The van der Waals surface area contributed by atoms with E-state index in [4.69, 9.17) is 5.73 Å². The number of rotatable bonds is 4. The van der Waals surface area contributed by atoms with E-state index in [0.29, 0.717) is 13.0 Å². The van der Waals surface area contributed by atoms with Gasteiger partial charge >= 0.3 is 0 Å². The number of amides is 1. The Bertz CT molecular complexity index is 309. The van der Waals surface area contributed by atoms with E-state index in [1.54, 1.807) is 11.3 Å². The van der Waals surface area contributed by atoms with Gasteiger partial charge in [-0.1, -0.05) is 6.92 Å². The van der Waals surface area contributed by atoms with Gasteiger partial charge in [0.25, 0.3) is 0 Å². The zero-order valence-electron chi connectivity index (χ0n) is 8.54. The first-order valence-corrected chi connectivity index (χ1v) is 5.59. The molecule has 4 heteroatoms. The topological polar surface area (TPSA) is 55.1 Å². The van der Waals surface area contributed by atoms with E-state index in [2.05, 4.69) is 5.32 Å². The molecule has 1 atom stereocenters. The maximum absolute atomic E-state index is 11.3. The molecule has 14 heavy (non-hydrogen) atoms. The van der Waals surface area contributed by atoms with Crippen molar-refractivity contribution in [3.63, 3.8) is 0 Å². The minimum Gasteiger partial charge on any atom is -0.350 e. The summed E-state index contributed by atoms with van der Waals surface area (Å²) in [5.41, 5.74) is 6.81. The third kappa shape index (κ3) is 2.82. The highest BCUT2D eigenvalue weighted by Gasteiger charge is 2.10. The predicted molar refractivity (Wildman–Crippen MR) is 59.2 cm³/mol. The van der Waals surface area contributed by atoms with Gasteiger partial charge in [-0.25, -0.2) is 0 Å². The van der Waals surface area contributed by atoms with Gasteiger partial charge in [0.15, 0.2) is 0 Å². The Morgan fingerprint density at radius 3 is 2.93 bits per heavy atom. The molecule has 0 radical (unpaired) electrons. The molecule has 1 aromatic heterocycles. The Kier molecular flexibility index (Phi) is 4.10. The first kappa shape index (κ1) is 11.2. The number of nitrogens with two attached hydrogens (primary N) is 1. The number of carbonyl (C=O) groups is 1. The molecular weight excluding hydrogens is 196 g/mol. The van der Waals surface area contributed by atoms with Crippen LogP contribution in [0.25, 0.3) is 0 Å². The van der Waals surface area contributed by atoms with Crippen molar-refractivity contribution in [2.45, 2.75) is 32.9 Å². The van der Waals surface area contributed by atoms with Gasteiger partial charge in [-0.3, -0.25) is 4.79 Å². The van der Waals surface area contributed by atoms with Gasteiger partial charge in [0.05, 0.1) is 12.6 Å². The van der Waals surface area contributed by atoms with E-state index in [-0.39, 0.29) is 11.9 Å². The largest absolute Gasteiger partial charge is 0.350 e. The molecule has 0 bridgehead atoms. The fraction of sp³-hybridized carbons (Fsp3) is 0.500. The predicted octanol–water partition coefficient (Wildman–Crippen LogP) is 1.41. The van der Waals surface area contributed by atoms with Crippen LogP contribution in [-0.2, 0) is 11.3 Å². The van der Waals surface area contributed by atoms with Gasteiger partial charge in [0, 0.05) is 4.88 Å². The molecule has 3 nitrogen and oxygen atoms in total. The van der Waals surface area contributed by atoms with Crippen LogP contribution in [0.1, 0.15) is 23.8 Å². The van der Waals surface area contributed by atoms with Crippen LogP contribution in [0.4, 0.5) is 0 Å². The summed E-state index contributed by atoms with van der Waals surface area (Å²) in [6.07, 6.45) is 0.676. The van der Waals surface area contributed by atoms with Gasteiger partial charge < -0.3 is 11.1 Å². The number of hydrogen-bond donors (Lipinski definition) is 2. The Balaban J connectivity index is 2.41. The molecule has 78 valence electrons. The summed E-state index contributed by atoms with van der Waals surface area (Å²) in [5, 5.41) is 4.85. The quantitative estimate of drug-likeness (QED) is 0.793. The van der Waals surface area contributed by atoms with Crippen LogP contribution in [0.2, 0.25) is 0 Å². The van der Waals surface area contributed by atoms with Crippen LogP contribution in [-0.4, -0.2) is 11.9 Å². The van der Waals surface area contributed by atoms with E-state index in [1.165, 1.54) is 10.4 Å². The van der Waals surface area contributed by atoms with Crippen molar-refractivity contribution < 1.29 is 4.79 Å². The Labute approximate surface area is 88.3 Å². The molecular formula is C10H16N2OS. The minimum absolute atomic E-state index is 0.0692. The van der Waals surface area contributed by atoms with Crippen molar-refractivity contribution in [1.29, 1.82) is 0 Å². The molecule has 3 N–H and O–H groups in total. The third-order valence-electron chi connectivity index (χ3n) is 2.17. The van der Waals surface area contributed by atoms with Gasteiger partial charge in [-0.2, -0.15) is 0 Å². The summed E-state index contributed by atoms with van der Waals surface area (Å²) in [4.78, 5) is 12.5. The van der Waals surface area contributed by atoms with Crippen LogP contribution < -0.4 is 11.1 Å². The van der Waals surface area contributed by atoms with Crippen molar-refractivity contribution in [3.05, 3.63) is 21.9 Å².